The molecular weight excluding hydrogens is 320 g/mol. The van der Waals surface area contributed by atoms with Crippen molar-refractivity contribution in [2.24, 2.45) is 0 Å². The van der Waals surface area contributed by atoms with E-state index in [0.717, 1.165) is 12.8 Å². The lowest BCUT2D eigenvalue weighted by Gasteiger charge is -2.18. The van der Waals surface area contributed by atoms with Gasteiger partial charge in [-0.05, 0) is 25.0 Å². The van der Waals surface area contributed by atoms with Crippen LogP contribution in [0.2, 0.25) is 0 Å². The maximum Gasteiger partial charge on any atom is 0.231 e. The minimum Gasteiger partial charge on any atom is -0.497 e. The smallest absolute Gasteiger partial charge is 0.231 e. The Morgan fingerprint density at radius 1 is 1.12 bits per heavy atom. The summed E-state index contributed by atoms with van der Waals surface area (Å²) in [6.07, 6.45) is 11.7. The van der Waals surface area contributed by atoms with Crippen LogP contribution in [-0.2, 0) is 9.47 Å². The van der Waals surface area contributed by atoms with Gasteiger partial charge < -0.3 is 18.9 Å². The van der Waals surface area contributed by atoms with Gasteiger partial charge in [0.1, 0.15) is 29.8 Å². The maximum atomic E-state index is 12.7. The molecule has 0 unspecified atom stereocenters. The molecule has 0 bridgehead atoms. The average molecular weight is 340 g/mol. The van der Waals surface area contributed by atoms with Gasteiger partial charge in [-0.2, -0.15) is 0 Å². The number of Topliss-reactive ketones (excluding diaryl/α,β-unsaturated/α-hetero) is 1. The average Bonchev–Trinajstić information content (AvgIpc) is 2.68. The van der Waals surface area contributed by atoms with Crippen molar-refractivity contribution in [3.8, 4) is 11.5 Å². The molecule has 1 aromatic rings. The van der Waals surface area contributed by atoms with E-state index in [9.17, 15) is 4.79 Å². The Morgan fingerprint density at radius 2 is 1.88 bits per heavy atom. The third-order valence-electron chi connectivity index (χ3n) is 3.95. The molecule has 0 saturated heterocycles. The number of ketones is 1. The summed E-state index contributed by atoms with van der Waals surface area (Å²) in [7, 11) is 3.07. The summed E-state index contributed by atoms with van der Waals surface area (Å²) in [6.45, 7) is 0. The van der Waals surface area contributed by atoms with Crippen LogP contribution in [0.1, 0.15) is 29.6 Å². The zero-order valence-corrected chi connectivity index (χ0v) is 14.3. The van der Waals surface area contributed by atoms with Gasteiger partial charge in [0.2, 0.25) is 11.5 Å². The standard InChI is InChI=1S/C20H20O5/c1-22-16-9-15(10-17(11-16)23-2)20(21)19-13-24-12-18(25-19)8-14-6-4-3-5-7-14/h3-4,6,9-13H,5,7-8H2,1-2H3. The molecular formula is C20H20O5. The van der Waals surface area contributed by atoms with Crippen LogP contribution in [0.4, 0.5) is 0 Å². The summed E-state index contributed by atoms with van der Waals surface area (Å²) in [5, 5.41) is 0. The van der Waals surface area contributed by atoms with Crippen LogP contribution in [0.15, 0.2) is 66.0 Å². The topological polar surface area (TPSA) is 54.0 Å². The molecule has 0 fully saturated rings. The van der Waals surface area contributed by atoms with Crippen molar-refractivity contribution in [3.05, 3.63) is 71.6 Å². The molecule has 0 amide bonds. The van der Waals surface area contributed by atoms with Gasteiger partial charge in [-0.3, -0.25) is 4.79 Å². The highest BCUT2D eigenvalue weighted by atomic mass is 16.5. The maximum absolute atomic E-state index is 12.7. The molecule has 0 radical (unpaired) electrons. The summed E-state index contributed by atoms with van der Waals surface area (Å²) in [5.41, 5.74) is 1.65. The van der Waals surface area contributed by atoms with Crippen LogP contribution in [0.3, 0.4) is 0 Å². The Labute approximate surface area is 146 Å². The molecule has 1 heterocycles. The molecule has 1 aliphatic carbocycles. The predicted octanol–water partition coefficient (Wildman–Crippen LogP) is 4.28. The number of allylic oxidation sites excluding steroid dienone is 5. The number of hydrogen-bond acceptors (Lipinski definition) is 5. The minimum absolute atomic E-state index is 0.139. The van der Waals surface area contributed by atoms with Crippen molar-refractivity contribution < 1.29 is 23.7 Å². The van der Waals surface area contributed by atoms with Gasteiger partial charge in [-0.15, -0.1) is 0 Å². The Kier molecular flexibility index (Phi) is 5.23. The summed E-state index contributed by atoms with van der Waals surface area (Å²) in [6, 6.07) is 4.99. The molecule has 0 N–H and O–H groups in total. The number of carbonyl (C=O) groups excluding carboxylic acids is 1. The van der Waals surface area contributed by atoms with Crippen molar-refractivity contribution in [3.63, 3.8) is 0 Å². The molecule has 1 aromatic carbocycles. The van der Waals surface area contributed by atoms with Crippen molar-refractivity contribution in [2.45, 2.75) is 19.3 Å². The summed E-state index contributed by atoms with van der Waals surface area (Å²) in [5.74, 6) is 1.53. The molecule has 0 saturated carbocycles. The number of rotatable bonds is 6. The second kappa shape index (κ2) is 7.75. The van der Waals surface area contributed by atoms with E-state index >= 15 is 0 Å². The van der Waals surface area contributed by atoms with Gasteiger partial charge in [0.05, 0.1) is 14.2 Å². The second-order valence-electron chi connectivity index (χ2n) is 5.70. The summed E-state index contributed by atoms with van der Waals surface area (Å²) in [4.78, 5) is 12.7. The first-order valence-corrected chi connectivity index (χ1v) is 8.04. The van der Waals surface area contributed by atoms with Gasteiger partial charge in [0, 0.05) is 18.1 Å². The SMILES string of the molecule is COc1cc(OC)cc(C(=O)C2=COC=C(CC3=CC=CCC3)O2)c1. The molecule has 3 rings (SSSR count). The van der Waals surface area contributed by atoms with E-state index in [4.69, 9.17) is 18.9 Å². The van der Waals surface area contributed by atoms with Crippen molar-refractivity contribution in [1.29, 1.82) is 0 Å². The van der Waals surface area contributed by atoms with Gasteiger partial charge in [0.25, 0.3) is 0 Å². The van der Waals surface area contributed by atoms with E-state index in [2.05, 4.69) is 12.2 Å². The first-order valence-electron chi connectivity index (χ1n) is 8.04. The number of benzene rings is 1. The van der Waals surface area contributed by atoms with E-state index < -0.39 is 0 Å². The van der Waals surface area contributed by atoms with E-state index in [0.29, 0.717) is 29.2 Å². The minimum atomic E-state index is -0.291. The highest BCUT2D eigenvalue weighted by Crippen LogP contribution is 2.28. The second-order valence-corrected chi connectivity index (χ2v) is 5.70. The third kappa shape index (κ3) is 4.12. The Morgan fingerprint density at radius 3 is 2.52 bits per heavy atom. The van der Waals surface area contributed by atoms with Gasteiger partial charge >= 0.3 is 0 Å². The molecule has 1 aliphatic heterocycles. The molecule has 2 aliphatic rings. The first-order chi connectivity index (χ1) is 12.2. The molecule has 5 nitrogen and oxygen atoms in total. The summed E-state index contributed by atoms with van der Waals surface area (Å²) < 4.78 is 21.5. The number of methoxy groups -OCH3 is 2. The Bertz CT molecular complexity index is 761. The van der Waals surface area contributed by atoms with Crippen LogP contribution in [-0.4, -0.2) is 20.0 Å². The van der Waals surface area contributed by atoms with Crippen LogP contribution in [0.5, 0.6) is 11.5 Å². The highest BCUT2D eigenvalue weighted by Gasteiger charge is 2.21. The highest BCUT2D eigenvalue weighted by molar-refractivity contribution is 6.07. The van der Waals surface area contributed by atoms with Crippen molar-refractivity contribution >= 4 is 5.78 Å². The van der Waals surface area contributed by atoms with Crippen molar-refractivity contribution in [2.75, 3.05) is 14.2 Å². The van der Waals surface area contributed by atoms with Gasteiger partial charge in [0.15, 0.2) is 0 Å². The monoisotopic (exact) mass is 340 g/mol. The van der Waals surface area contributed by atoms with Crippen LogP contribution >= 0.6 is 0 Å². The van der Waals surface area contributed by atoms with Gasteiger partial charge in [-0.25, -0.2) is 0 Å². The van der Waals surface area contributed by atoms with Crippen LogP contribution < -0.4 is 9.47 Å². The van der Waals surface area contributed by atoms with Gasteiger partial charge in [-0.1, -0.05) is 23.8 Å². The zero-order chi connectivity index (χ0) is 17.6. The third-order valence-corrected chi connectivity index (χ3v) is 3.95. The fourth-order valence-electron chi connectivity index (χ4n) is 2.64. The number of hydrogen-bond donors (Lipinski definition) is 0. The van der Waals surface area contributed by atoms with E-state index in [1.165, 1.54) is 32.3 Å². The van der Waals surface area contributed by atoms with Crippen LogP contribution in [0.25, 0.3) is 0 Å². The van der Waals surface area contributed by atoms with E-state index in [1.54, 1.807) is 18.2 Å². The molecule has 25 heavy (non-hydrogen) atoms. The largest absolute Gasteiger partial charge is 0.497 e. The predicted molar refractivity (Wildman–Crippen MR) is 93.3 cm³/mol. The normalized spacial score (nSPS) is 16.0. The Hall–Kier alpha value is -2.95. The molecule has 5 heteroatoms. The molecule has 0 aromatic heterocycles. The fourth-order valence-corrected chi connectivity index (χ4v) is 2.64. The molecule has 0 atom stereocenters. The lowest BCUT2D eigenvalue weighted by atomic mass is 10.0. The molecule has 0 spiro atoms. The fraction of sp³-hybridized carbons (Fsp3) is 0.250. The lowest BCUT2D eigenvalue weighted by Crippen LogP contribution is -2.11. The van der Waals surface area contributed by atoms with Crippen LogP contribution in [0, 0.1) is 0 Å². The number of carbonyl (C=O) groups is 1. The number of ether oxygens (including phenoxy) is 4. The quantitative estimate of drug-likeness (QED) is 0.723. The molecule has 130 valence electrons. The lowest BCUT2D eigenvalue weighted by molar-refractivity contribution is 0.0925. The Balaban J connectivity index is 1.73. The van der Waals surface area contributed by atoms with E-state index in [-0.39, 0.29) is 11.5 Å². The first kappa shape index (κ1) is 16.9. The van der Waals surface area contributed by atoms with E-state index in [1.807, 2.05) is 6.08 Å². The van der Waals surface area contributed by atoms with Crippen molar-refractivity contribution in [1.82, 2.24) is 0 Å². The summed E-state index contributed by atoms with van der Waals surface area (Å²) >= 11 is 0. The zero-order valence-electron chi connectivity index (χ0n) is 14.3.